The van der Waals surface area contributed by atoms with Crippen LogP contribution < -0.4 is 5.32 Å². The fraction of sp³-hybridized carbons (Fsp3) is 1.00. The summed E-state index contributed by atoms with van der Waals surface area (Å²) >= 11 is 0. The highest BCUT2D eigenvalue weighted by Gasteiger charge is 2.34. The molecule has 3 heteroatoms. The maximum absolute atomic E-state index is 5.09. The van der Waals surface area contributed by atoms with Gasteiger partial charge >= 0.3 is 0 Å². The van der Waals surface area contributed by atoms with Crippen molar-refractivity contribution < 1.29 is 4.74 Å². The number of nitrogens with zero attached hydrogens (tertiary/aromatic N) is 1. The first kappa shape index (κ1) is 14.9. The SMILES string of the molecule is COCCNCC1(CN(C)C)CCCC(C)C1. The fourth-order valence-electron chi connectivity index (χ4n) is 3.33. The zero-order chi connectivity index (χ0) is 12.7. The monoisotopic (exact) mass is 242 g/mol. The Morgan fingerprint density at radius 3 is 2.76 bits per heavy atom. The molecule has 0 aromatic rings. The van der Waals surface area contributed by atoms with E-state index < -0.39 is 0 Å². The van der Waals surface area contributed by atoms with E-state index >= 15 is 0 Å². The van der Waals surface area contributed by atoms with E-state index in [1.54, 1.807) is 7.11 Å². The molecule has 0 saturated heterocycles. The minimum atomic E-state index is 0.481. The smallest absolute Gasteiger partial charge is 0.0587 e. The third-order valence-electron chi connectivity index (χ3n) is 3.82. The summed E-state index contributed by atoms with van der Waals surface area (Å²) in [4.78, 5) is 2.34. The first-order valence-electron chi connectivity index (χ1n) is 6.92. The molecular weight excluding hydrogens is 212 g/mol. The number of ether oxygens (including phenoxy) is 1. The number of hydrogen-bond acceptors (Lipinski definition) is 3. The Hall–Kier alpha value is -0.120. The lowest BCUT2D eigenvalue weighted by Crippen LogP contribution is -2.45. The van der Waals surface area contributed by atoms with Crippen LogP contribution in [-0.2, 0) is 4.74 Å². The van der Waals surface area contributed by atoms with Crippen LogP contribution in [-0.4, -0.2) is 52.3 Å². The van der Waals surface area contributed by atoms with Crippen molar-refractivity contribution in [1.82, 2.24) is 10.2 Å². The lowest BCUT2D eigenvalue weighted by Gasteiger charge is -2.42. The summed E-state index contributed by atoms with van der Waals surface area (Å²) in [5, 5.41) is 3.57. The van der Waals surface area contributed by atoms with Crippen molar-refractivity contribution in [3.63, 3.8) is 0 Å². The highest BCUT2D eigenvalue weighted by molar-refractivity contribution is 4.89. The first-order valence-corrected chi connectivity index (χ1v) is 6.92. The molecule has 17 heavy (non-hydrogen) atoms. The van der Waals surface area contributed by atoms with Crippen LogP contribution in [0.4, 0.5) is 0 Å². The Kier molecular flexibility index (Phi) is 6.45. The first-order chi connectivity index (χ1) is 8.08. The average molecular weight is 242 g/mol. The van der Waals surface area contributed by atoms with Gasteiger partial charge in [-0.25, -0.2) is 0 Å². The molecule has 0 aromatic carbocycles. The number of methoxy groups -OCH3 is 1. The maximum Gasteiger partial charge on any atom is 0.0587 e. The van der Waals surface area contributed by atoms with E-state index in [9.17, 15) is 0 Å². The molecule has 1 rings (SSSR count). The second-order valence-electron chi connectivity index (χ2n) is 6.11. The molecule has 1 saturated carbocycles. The van der Waals surface area contributed by atoms with Gasteiger partial charge in [-0.15, -0.1) is 0 Å². The van der Waals surface area contributed by atoms with Crippen LogP contribution in [0.5, 0.6) is 0 Å². The van der Waals surface area contributed by atoms with Crippen LogP contribution in [0.3, 0.4) is 0 Å². The quantitative estimate of drug-likeness (QED) is 0.691. The molecule has 102 valence electrons. The van der Waals surface area contributed by atoms with Crippen molar-refractivity contribution in [1.29, 1.82) is 0 Å². The van der Waals surface area contributed by atoms with Crippen LogP contribution >= 0.6 is 0 Å². The predicted molar refractivity (Wildman–Crippen MR) is 73.4 cm³/mol. The van der Waals surface area contributed by atoms with Gasteiger partial charge in [0.05, 0.1) is 6.61 Å². The normalized spacial score (nSPS) is 29.8. The molecule has 0 aromatic heterocycles. The molecular formula is C14H30N2O. The van der Waals surface area contributed by atoms with Gasteiger partial charge in [-0.05, 0) is 38.3 Å². The minimum Gasteiger partial charge on any atom is -0.383 e. The standard InChI is InChI=1S/C14H30N2O/c1-13-6-5-7-14(10-13,12-16(2)3)11-15-8-9-17-4/h13,15H,5-12H2,1-4H3. The molecule has 3 nitrogen and oxygen atoms in total. The number of nitrogens with one attached hydrogen (secondary N) is 1. The van der Waals surface area contributed by atoms with Crippen LogP contribution in [0.15, 0.2) is 0 Å². The molecule has 0 bridgehead atoms. The largest absolute Gasteiger partial charge is 0.383 e. The van der Waals surface area contributed by atoms with Gasteiger partial charge in [0.1, 0.15) is 0 Å². The van der Waals surface area contributed by atoms with Crippen LogP contribution in [0, 0.1) is 11.3 Å². The van der Waals surface area contributed by atoms with Gasteiger partial charge < -0.3 is 15.0 Å². The molecule has 1 aliphatic rings. The van der Waals surface area contributed by atoms with Crippen molar-refractivity contribution >= 4 is 0 Å². The van der Waals surface area contributed by atoms with Gasteiger partial charge in [0.25, 0.3) is 0 Å². The van der Waals surface area contributed by atoms with E-state index in [2.05, 4.69) is 31.2 Å². The van der Waals surface area contributed by atoms with Crippen molar-refractivity contribution in [3.05, 3.63) is 0 Å². The lowest BCUT2D eigenvalue weighted by molar-refractivity contribution is 0.0985. The molecule has 0 aliphatic heterocycles. The summed E-state index contributed by atoms with van der Waals surface area (Å²) in [5.74, 6) is 0.882. The van der Waals surface area contributed by atoms with Crippen LogP contribution in [0.25, 0.3) is 0 Å². The van der Waals surface area contributed by atoms with E-state index in [0.29, 0.717) is 5.41 Å². The van der Waals surface area contributed by atoms with E-state index in [1.807, 2.05) is 0 Å². The van der Waals surface area contributed by atoms with Crippen LogP contribution in [0.1, 0.15) is 32.6 Å². The summed E-state index contributed by atoms with van der Waals surface area (Å²) < 4.78 is 5.09. The van der Waals surface area contributed by atoms with Crippen molar-refractivity contribution in [2.24, 2.45) is 11.3 Å². The molecule has 1 N–H and O–H groups in total. The predicted octanol–water partition coefficient (Wildman–Crippen LogP) is 1.98. The van der Waals surface area contributed by atoms with Crippen molar-refractivity contribution in [2.45, 2.75) is 32.6 Å². The Morgan fingerprint density at radius 2 is 2.18 bits per heavy atom. The topological polar surface area (TPSA) is 24.5 Å². The van der Waals surface area contributed by atoms with Gasteiger partial charge in [0.2, 0.25) is 0 Å². The summed E-state index contributed by atoms with van der Waals surface area (Å²) in [6.07, 6.45) is 5.54. The van der Waals surface area contributed by atoms with Gasteiger partial charge in [-0.2, -0.15) is 0 Å². The maximum atomic E-state index is 5.09. The van der Waals surface area contributed by atoms with Crippen LogP contribution in [0.2, 0.25) is 0 Å². The summed E-state index contributed by atoms with van der Waals surface area (Å²) in [6, 6.07) is 0. The Morgan fingerprint density at radius 1 is 1.41 bits per heavy atom. The van der Waals surface area contributed by atoms with Gasteiger partial charge in [-0.1, -0.05) is 19.8 Å². The van der Waals surface area contributed by atoms with E-state index in [0.717, 1.165) is 25.6 Å². The number of rotatable bonds is 7. The Balaban J connectivity index is 2.46. The molecule has 2 atom stereocenters. The highest BCUT2D eigenvalue weighted by atomic mass is 16.5. The van der Waals surface area contributed by atoms with E-state index in [-0.39, 0.29) is 0 Å². The average Bonchev–Trinajstić information content (AvgIpc) is 2.23. The summed E-state index contributed by atoms with van der Waals surface area (Å²) in [5.41, 5.74) is 0.481. The zero-order valence-corrected chi connectivity index (χ0v) is 12.1. The highest BCUT2D eigenvalue weighted by Crippen LogP contribution is 2.39. The molecule has 0 spiro atoms. The molecule has 1 aliphatic carbocycles. The summed E-state index contributed by atoms with van der Waals surface area (Å²) in [6.45, 7) is 6.53. The molecule has 1 fully saturated rings. The summed E-state index contributed by atoms with van der Waals surface area (Å²) in [7, 11) is 6.15. The fourth-order valence-corrected chi connectivity index (χ4v) is 3.33. The van der Waals surface area contributed by atoms with Gasteiger partial charge in [0.15, 0.2) is 0 Å². The molecule has 2 unspecified atom stereocenters. The third-order valence-corrected chi connectivity index (χ3v) is 3.82. The molecule has 0 heterocycles. The Bertz CT molecular complexity index is 204. The molecule has 0 amide bonds. The lowest BCUT2D eigenvalue weighted by atomic mass is 9.69. The van der Waals surface area contributed by atoms with E-state index in [4.69, 9.17) is 4.74 Å². The third kappa shape index (κ3) is 5.36. The second-order valence-corrected chi connectivity index (χ2v) is 6.11. The van der Waals surface area contributed by atoms with Crippen molar-refractivity contribution in [2.75, 3.05) is 47.4 Å². The minimum absolute atomic E-state index is 0.481. The second kappa shape index (κ2) is 7.34. The number of hydrogen-bond donors (Lipinski definition) is 1. The van der Waals surface area contributed by atoms with Gasteiger partial charge in [0, 0.05) is 26.7 Å². The molecule has 0 radical (unpaired) electrons. The van der Waals surface area contributed by atoms with E-state index in [1.165, 1.54) is 32.2 Å². The Labute approximate surface area is 107 Å². The zero-order valence-electron chi connectivity index (χ0n) is 12.1. The van der Waals surface area contributed by atoms with Crippen molar-refractivity contribution in [3.8, 4) is 0 Å². The van der Waals surface area contributed by atoms with Gasteiger partial charge in [-0.3, -0.25) is 0 Å².